The molecule has 1 rings (SSSR count). The Bertz CT molecular complexity index is 268. The first-order valence-corrected chi connectivity index (χ1v) is 5.37. The average molecular weight is 308 g/mol. The summed E-state index contributed by atoms with van der Waals surface area (Å²) >= 11 is 0. The fraction of sp³-hybridized carbons (Fsp3) is 0.500. The van der Waals surface area contributed by atoms with Crippen LogP contribution in [0.1, 0.15) is 32.6 Å². The van der Waals surface area contributed by atoms with Crippen molar-refractivity contribution in [2.24, 2.45) is 5.92 Å². The first kappa shape index (κ1) is 26.7. The average Bonchev–Trinajstić information content (AvgIpc) is 2.46. The summed E-state index contributed by atoms with van der Waals surface area (Å²) in [6, 6.07) is 0. The molecule has 0 aromatic rings. The van der Waals surface area contributed by atoms with Gasteiger partial charge in [0.05, 0.1) is 0 Å². The second-order valence-corrected chi connectivity index (χ2v) is 3.43. The van der Waals surface area contributed by atoms with Crippen molar-refractivity contribution in [2.75, 3.05) is 0 Å². The predicted octanol–water partition coefficient (Wildman–Crippen LogP) is 3.53. The molecule has 5 heteroatoms. The van der Waals surface area contributed by atoms with E-state index in [2.05, 4.69) is 26.0 Å². The molecule has 0 unspecified atom stereocenters. The Hall–Kier alpha value is -0.851. The summed E-state index contributed by atoms with van der Waals surface area (Å²) in [6.45, 7) is 15.5. The van der Waals surface area contributed by atoms with Crippen LogP contribution in [0, 0.1) is 25.9 Å². The first-order chi connectivity index (χ1) is 8.83. The molecule has 3 nitrogen and oxygen atoms in total. The molecule has 0 aromatic carbocycles. The van der Waals surface area contributed by atoms with E-state index in [-0.39, 0.29) is 17.1 Å². The Labute approximate surface area is 125 Å². The van der Waals surface area contributed by atoms with Gasteiger partial charge in [-0.2, -0.15) is 0 Å². The molecule has 1 saturated carbocycles. The Morgan fingerprint density at radius 3 is 1.95 bits per heavy atom. The summed E-state index contributed by atoms with van der Waals surface area (Å²) in [6.07, 6.45) is 11.3. The van der Waals surface area contributed by atoms with Crippen molar-refractivity contribution in [3.05, 3.63) is 44.3 Å². The van der Waals surface area contributed by atoms with Gasteiger partial charge in [0.25, 0.3) is 0 Å². The van der Waals surface area contributed by atoms with Gasteiger partial charge in [-0.3, -0.25) is 0 Å². The van der Waals surface area contributed by atoms with Crippen molar-refractivity contribution < 1.29 is 35.4 Å². The molecule has 0 amide bonds. The quantitative estimate of drug-likeness (QED) is 0.324. The largest absolute Gasteiger partial charge is 0 e. The Morgan fingerprint density at radius 1 is 1.00 bits per heavy atom. The van der Waals surface area contributed by atoms with Gasteiger partial charge in [0.1, 0.15) is 6.17 Å². The zero-order valence-electron chi connectivity index (χ0n) is 10.7. The van der Waals surface area contributed by atoms with Gasteiger partial charge in [0, 0.05) is 17.1 Å². The van der Waals surface area contributed by atoms with Gasteiger partial charge in [-0.25, -0.2) is 4.39 Å². The summed E-state index contributed by atoms with van der Waals surface area (Å²) in [5, 5.41) is 0. The number of alkyl halides is 1. The van der Waals surface area contributed by atoms with Crippen molar-refractivity contribution in [2.45, 2.75) is 38.8 Å². The molecule has 0 saturated heterocycles. The monoisotopic (exact) mass is 308 g/mol. The molecule has 0 bridgehead atoms. The molecular weight excluding hydrogens is 291 g/mol. The minimum absolute atomic E-state index is 0. The van der Waals surface area contributed by atoms with E-state index in [4.69, 9.17) is 14.0 Å². The molecular formula is C14H17FFeO3. The van der Waals surface area contributed by atoms with Gasteiger partial charge >= 0.3 is 33.9 Å². The summed E-state index contributed by atoms with van der Waals surface area (Å²) in [5.41, 5.74) is 0. The maximum atomic E-state index is 12.9. The number of hydrogen-bond acceptors (Lipinski definition) is 0. The van der Waals surface area contributed by atoms with Crippen LogP contribution < -0.4 is 0 Å². The Morgan fingerprint density at radius 2 is 1.53 bits per heavy atom. The number of hydrogen-bond donors (Lipinski definition) is 0. The van der Waals surface area contributed by atoms with Crippen LogP contribution in [0.2, 0.25) is 0 Å². The van der Waals surface area contributed by atoms with E-state index in [9.17, 15) is 4.39 Å². The van der Waals surface area contributed by atoms with Gasteiger partial charge < -0.3 is 0 Å². The van der Waals surface area contributed by atoms with Crippen molar-refractivity contribution in [1.82, 2.24) is 0 Å². The van der Waals surface area contributed by atoms with Gasteiger partial charge in [-0.1, -0.05) is 24.3 Å². The third-order valence-corrected chi connectivity index (χ3v) is 2.34. The van der Waals surface area contributed by atoms with Crippen LogP contribution in [0.4, 0.5) is 4.39 Å². The van der Waals surface area contributed by atoms with E-state index in [0.717, 1.165) is 25.7 Å². The molecule has 0 aromatic heterocycles. The fourth-order valence-corrected chi connectivity index (χ4v) is 1.67. The molecule has 0 aliphatic heterocycles. The van der Waals surface area contributed by atoms with Crippen LogP contribution in [0.5, 0.6) is 0 Å². The molecule has 1 fully saturated rings. The van der Waals surface area contributed by atoms with Crippen LogP contribution >= 0.6 is 0 Å². The van der Waals surface area contributed by atoms with E-state index in [1.54, 1.807) is 0 Å². The summed E-state index contributed by atoms with van der Waals surface area (Å²) < 4.78 is 35.4. The van der Waals surface area contributed by atoms with Crippen LogP contribution in [0.3, 0.4) is 0 Å². The maximum absolute atomic E-state index is 12.9. The van der Waals surface area contributed by atoms with Crippen LogP contribution in [0.25, 0.3) is 0 Å². The van der Waals surface area contributed by atoms with E-state index >= 15 is 0 Å². The van der Waals surface area contributed by atoms with E-state index in [1.165, 1.54) is 0 Å². The summed E-state index contributed by atoms with van der Waals surface area (Å²) in [5.74, 6) is 0.477. The van der Waals surface area contributed by atoms with Gasteiger partial charge in [0.2, 0.25) is 0 Å². The topological polar surface area (TPSA) is 59.7 Å². The van der Waals surface area contributed by atoms with E-state index < -0.39 is 6.17 Å². The SMILES string of the molecule is C/C=C/C=C/[C@@H]1CCC[C@@H](F)C1.[C-]#[O+].[C-]#[O+].[C-]#[O+].[Fe]. The predicted molar refractivity (Wildman–Crippen MR) is 62.6 cm³/mol. The van der Waals surface area contributed by atoms with Crippen molar-refractivity contribution in [3.63, 3.8) is 0 Å². The van der Waals surface area contributed by atoms with Crippen LogP contribution in [-0.2, 0) is 31.0 Å². The Balaban J connectivity index is -0.000000142. The van der Waals surface area contributed by atoms with Crippen LogP contribution in [0.15, 0.2) is 24.3 Å². The summed E-state index contributed by atoms with van der Waals surface area (Å²) in [4.78, 5) is 0. The second-order valence-electron chi connectivity index (χ2n) is 3.43. The third kappa shape index (κ3) is 19.7. The molecule has 1 aliphatic rings. The molecule has 19 heavy (non-hydrogen) atoms. The molecule has 1 aliphatic carbocycles. The van der Waals surface area contributed by atoms with Crippen molar-refractivity contribution >= 4 is 0 Å². The Kier molecular flexibility index (Phi) is 36.3. The third-order valence-electron chi connectivity index (χ3n) is 2.34. The molecule has 0 radical (unpaired) electrons. The molecule has 0 spiro atoms. The number of allylic oxidation sites excluding steroid dienone is 4. The van der Waals surface area contributed by atoms with E-state index in [0.29, 0.717) is 5.92 Å². The maximum Gasteiger partial charge on any atom is 0 e. The number of halogens is 1. The zero-order chi connectivity index (χ0) is 14.8. The summed E-state index contributed by atoms with van der Waals surface area (Å²) in [7, 11) is 0. The fourth-order valence-electron chi connectivity index (χ4n) is 1.67. The second kappa shape index (κ2) is 25.9. The van der Waals surface area contributed by atoms with Crippen LogP contribution in [-0.4, -0.2) is 6.17 Å². The molecule has 2 atom stereocenters. The molecule has 106 valence electrons. The zero-order valence-corrected chi connectivity index (χ0v) is 11.9. The minimum Gasteiger partial charge on any atom is 0 e. The smallest absolute Gasteiger partial charge is 0 e. The molecule has 0 heterocycles. The van der Waals surface area contributed by atoms with Gasteiger partial charge in [-0.05, 0) is 38.5 Å². The first-order valence-electron chi connectivity index (χ1n) is 5.37. The van der Waals surface area contributed by atoms with Gasteiger partial charge in [-0.15, -0.1) is 0 Å². The number of rotatable bonds is 2. The van der Waals surface area contributed by atoms with E-state index in [1.807, 2.05) is 25.2 Å². The van der Waals surface area contributed by atoms with Crippen molar-refractivity contribution in [3.8, 4) is 0 Å². The minimum atomic E-state index is -0.556. The normalized spacial score (nSPS) is 20.4. The van der Waals surface area contributed by atoms with Gasteiger partial charge in [0.15, 0.2) is 0 Å². The standard InChI is InChI=1S/C11H17F.3CO.Fe/c1-2-3-4-6-10-7-5-8-11(12)9-10;3*1-2;/h2-4,6,10-11H,5,7-9H2,1H3;;;;/b3-2+,6-4+;;;;/t10-,11-;;;;/m1..../s1. The molecule has 0 N–H and O–H groups in total. The van der Waals surface area contributed by atoms with Crippen molar-refractivity contribution in [1.29, 1.82) is 0 Å².